The van der Waals surface area contributed by atoms with Gasteiger partial charge in [0.25, 0.3) is 0 Å². The zero-order chi connectivity index (χ0) is 28.2. The summed E-state index contributed by atoms with van der Waals surface area (Å²) in [5, 5.41) is 2.67. The Morgan fingerprint density at radius 1 is 1.10 bits per heavy atom. The van der Waals surface area contributed by atoms with Crippen LogP contribution in [-0.2, 0) is 4.79 Å². The second-order valence-corrected chi connectivity index (χ2v) is 10.9. The Bertz CT molecular complexity index is 1210. The van der Waals surface area contributed by atoms with E-state index in [0.29, 0.717) is 50.4 Å². The van der Waals surface area contributed by atoms with E-state index in [1.165, 1.54) is 4.57 Å². The molecule has 2 aromatic rings. The van der Waals surface area contributed by atoms with Gasteiger partial charge in [-0.3, -0.25) is 19.6 Å². The Morgan fingerprint density at radius 3 is 2.33 bits per heavy atom. The number of nitrogens with zero attached hydrogens (tertiary/aromatic N) is 5. The maximum Gasteiger partial charge on any atom is 0.354 e. The lowest BCUT2D eigenvalue weighted by atomic mass is 10.1. The van der Waals surface area contributed by atoms with Crippen molar-refractivity contribution in [2.45, 2.75) is 38.8 Å². The average molecular weight is 577 g/mol. The molecule has 5 N–H and O–H groups in total. The number of nitrogens with two attached hydrogens (primary N) is 2. The van der Waals surface area contributed by atoms with Crippen LogP contribution >= 0.6 is 12.4 Å². The van der Waals surface area contributed by atoms with Crippen LogP contribution in [0, 0.1) is 5.92 Å². The Hall–Kier alpha value is -3.19. The first-order valence-corrected chi connectivity index (χ1v) is 13.5. The fourth-order valence-corrected chi connectivity index (χ4v) is 4.86. The summed E-state index contributed by atoms with van der Waals surface area (Å²) in [5.41, 5.74) is 10.9. The first-order valence-electron chi connectivity index (χ1n) is 13.5. The van der Waals surface area contributed by atoms with Crippen LogP contribution < -0.4 is 27.2 Å². The van der Waals surface area contributed by atoms with Gasteiger partial charge in [0.1, 0.15) is 18.2 Å². The standard InChI is InChI=1S/C27H40N8O4.ClH/c1-19(34-10-8-20(16-28)17-34)18-39-22-6-4-21(5-7-22)35-11-9-23(31-26(35)38)30-25(37)33-14-12-32(13-15-33)24(36)27(2,3)29;/h4-7,9,11,19-20H,8,10,12-18,28-29H2,1-3H3,(H,30,31,37,38);1H/t19?,20-;/m1./s1. The number of carbonyl (C=O) groups is 2. The summed E-state index contributed by atoms with van der Waals surface area (Å²) in [6, 6.07) is 8.74. The topological polar surface area (TPSA) is 152 Å². The Morgan fingerprint density at radius 2 is 1.75 bits per heavy atom. The van der Waals surface area contributed by atoms with Gasteiger partial charge in [-0.25, -0.2) is 9.59 Å². The summed E-state index contributed by atoms with van der Waals surface area (Å²) in [5.74, 6) is 1.30. The third kappa shape index (κ3) is 7.72. The van der Waals surface area contributed by atoms with Crippen LogP contribution in [-0.4, -0.2) is 100 Å². The predicted octanol–water partition coefficient (Wildman–Crippen LogP) is 1.12. The zero-order valence-electron chi connectivity index (χ0n) is 23.4. The molecule has 2 aliphatic rings. The van der Waals surface area contributed by atoms with E-state index in [1.807, 2.05) is 12.1 Å². The summed E-state index contributed by atoms with van der Waals surface area (Å²) in [4.78, 5) is 47.4. The van der Waals surface area contributed by atoms with Crippen LogP contribution in [0.25, 0.3) is 5.69 Å². The van der Waals surface area contributed by atoms with Crippen molar-refractivity contribution in [2.75, 3.05) is 57.7 Å². The largest absolute Gasteiger partial charge is 0.492 e. The second kappa shape index (κ2) is 13.4. The van der Waals surface area contributed by atoms with E-state index in [2.05, 4.69) is 22.1 Å². The van der Waals surface area contributed by atoms with Crippen molar-refractivity contribution in [3.8, 4) is 11.4 Å². The molecule has 12 nitrogen and oxygen atoms in total. The van der Waals surface area contributed by atoms with Gasteiger partial charge in [0, 0.05) is 45.0 Å². The zero-order valence-corrected chi connectivity index (χ0v) is 24.2. The summed E-state index contributed by atoms with van der Waals surface area (Å²) in [7, 11) is 0. The van der Waals surface area contributed by atoms with Crippen molar-refractivity contribution in [2.24, 2.45) is 17.4 Å². The molecule has 3 amide bonds. The lowest BCUT2D eigenvalue weighted by molar-refractivity contribution is -0.137. The van der Waals surface area contributed by atoms with Gasteiger partial charge in [-0.15, -0.1) is 12.4 Å². The molecule has 1 aromatic carbocycles. The molecular formula is C27H41ClN8O4. The van der Waals surface area contributed by atoms with Crippen LogP contribution in [0.3, 0.4) is 0 Å². The lowest BCUT2D eigenvalue weighted by Crippen LogP contribution is -2.58. The van der Waals surface area contributed by atoms with Crippen molar-refractivity contribution in [3.05, 3.63) is 47.0 Å². The van der Waals surface area contributed by atoms with Gasteiger partial charge in [-0.05, 0) is 76.5 Å². The fraction of sp³-hybridized carbons (Fsp3) is 0.556. The maximum absolute atomic E-state index is 12.7. The van der Waals surface area contributed by atoms with E-state index in [4.69, 9.17) is 16.2 Å². The first kappa shape index (κ1) is 31.3. The van der Waals surface area contributed by atoms with Crippen molar-refractivity contribution >= 4 is 30.2 Å². The quantitative estimate of drug-likeness (QED) is 0.423. The van der Waals surface area contributed by atoms with Crippen molar-refractivity contribution < 1.29 is 14.3 Å². The number of rotatable bonds is 8. The minimum Gasteiger partial charge on any atom is -0.492 e. The summed E-state index contributed by atoms with van der Waals surface area (Å²) >= 11 is 0. The van der Waals surface area contributed by atoms with Gasteiger partial charge in [-0.1, -0.05) is 0 Å². The molecule has 0 aliphatic carbocycles. The highest BCUT2D eigenvalue weighted by molar-refractivity contribution is 5.89. The Kier molecular flexibility index (Phi) is 10.5. The van der Waals surface area contributed by atoms with Crippen LogP contribution in [0.15, 0.2) is 41.3 Å². The molecule has 0 bridgehead atoms. The van der Waals surface area contributed by atoms with E-state index in [0.717, 1.165) is 31.8 Å². The number of nitrogens with one attached hydrogen (secondary N) is 1. The highest BCUT2D eigenvalue weighted by Gasteiger charge is 2.31. The molecule has 2 aliphatic heterocycles. The maximum atomic E-state index is 12.7. The average Bonchev–Trinajstić information content (AvgIpc) is 3.41. The summed E-state index contributed by atoms with van der Waals surface area (Å²) < 4.78 is 7.37. The molecule has 4 rings (SSSR count). The number of amides is 3. The molecule has 3 heterocycles. The van der Waals surface area contributed by atoms with Crippen LogP contribution in [0.2, 0.25) is 0 Å². The van der Waals surface area contributed by atoms with E-state index in [-0.39, 0.29) is 30.2 Å². The molecule has 220 valence electrons. The molecule has 0 saturated carbocycles. The van der Waals surface area contributed by atoms with E-state index in [9.17, 15) is 14.4 Å². The first-order chi connectivity index (χ1) is 18.5. The number of hydrogen-bond acceptors (Lipinski definition) is 8. The second-order valence-electron chi connectivity index (χ2n) is 10.9. The summed E-state index contributed by atoms with van der Waals surface area (Å²) in [6.45, 7) is 10.4. The SMILES string of the molecule is CC(COc1ccc(-n2ccc(NC(=O)N3CCN(C(=O)C(C)(C)N)CC3)nc2=O)cc1)N1CC[C@H](CN)C1.Cl. The molecule has 2 atom stereocenters. The van der Waals surface area contributed by atoms with E-state index in [1.54, 1.807) is 48.0 Å². The van der Waals surface area contributed by atoms with E-state index < -0.39 is 11.2 Å². The molecule has 0 spiro atoms. The number of urea groups is 1. The number of carbonyl (C=O) groups excluding carboxylic acids is 2. The molecule has 2 fully saturated rings. The van der Waals surface area contributed by atoms with Crippen molar-refractivity contribution in [1.29, 1.82) is 0 Å². The molecule has 40 heavy (non-hydrogen) atoms. The monoisotopic (exact) mass is 576 g/mol. The van der Waals surface area contributed by atoms with Crippen LogP contribution in [0.4, 0.5) is 10.6 Å². The van der Waals surface area contributed by atoms with Gasteiger partial charge < -0.3 is 26.0 Å². The predicted molar refractivity (Wildman–Crippen MR) is 156 cm³/mol. The molecule has 2 saturated heterocycles. The summed E-state index contributed by atoms with van der Waals surface area (Å²) in [6.07, 6.45) is 2.71. The Balaban J connectivity index is 0.00000441. The number of aromatic nitrogens is 2. The number of halogens is 1. The Labute approximate surface area is 241 Å². The highest BCUT2D eigenvalue weighted by Crippen LogP contribution is 2.20. The van der Waals surface area contributed by atoms with Gasteiger partial charge >= 0.3 is 11.7 Å². The fourth-order valence-electron chi connectivity index (χ4n) is 4.86. The van der Waals surface area contributed by atoms with E-state index >= 15 is 0 Å². The number of anilines is 1. The highest BCUT2D eigenvalue weighted by atomic mass is 35.5. The molecule has 1 aromatic heterocycles. The van der Waals surface area contributed by atoms with Crippen molar-refractivity contribution in [3.63, 3.8) is 0 Å². The third-order valence-corrected chi connectivity index (χ3v) is 7.32. The molecule has 1 unspecified atom stereocenters. The van der Waals surface area contributed by atoms with Gasteiger partial charge in [0.05, 0.1) is 11.2 Å². The minimum atomic E-state index is -0.952. The van der Waals surface area contributed by atoms with Crippen molar-refractivity contribution in [1.82, 2.24) is 24.3 Å². The molecule has 13 heteroatoms. The normalized spacial score (nSPS) is 18.7. The number of piperazine rings is 1. The van der Waals surface area contributed by atoms with Crippen LogP contribution in [0.5, 0.6) is 5.75 Å². The number of ether oxygens (including phenoxy) is 1. The number of benzene rings is 1. The van der Waals surface area contributed by atoms with Gasteiger partial charge in [-0.2, -0.15) is 4.98 Å². The van der Waals surface area contributed by atoms with Gasteiger partial charge in [0.2, 0.25) is 5.91 Å². The smallest absolute Gasteiger partial charge is 0.354 e. The number of likely N-dealkylation sites (tertiary alicyclic amines) is 1. The molecular weight excluding hydrogens is 536 g/mol. The lowest BCUT2D eigenvalue weighted by Gasteiger charge is -2.37. The third-order valence-electron chi connectivity index (χ3n) is 7.32. The van der Waals surface area contributed by atoms with Crippen LogP contribution in [0.1, 0.15) is 27.2 Å². The minimum absolute atomic E-state index is 0. The molecule has 0 radical (unpaired) electrons. The van der Waals surface area contributed by atoms with Gasteiger partial charge in [0.15, 0.2) is 0 Å². The number of hydrogen-bond donors (Lipinski definition) is 3.